The minimum atomic E-state index is -0.439. The molecular formula is C14H24N4O. The molecule has 0 fully saturated rings. The van der Waals surface area contributed by atoms with Gasteiger partial charge in [0.2, 0.25) is 5.91 Å². The Hall–Kier alpha value is -1.49. The van der Waals surface area contributed by atoms with Gasteiger partial charge in [0, 0.05) is 12.7 Å². The van der Waals surface area contributed by atoms with Crippen molar-refractivity contribution in [2.75, 3.05) is 6.54 Å². The lowest BCUT2D eigenvalue weighted by molar-refractivity contribution is -0.131. The number of nitrogens with one attached hydrogen (secondary N) is 1. The summed E-state index contributed by atoms with van der Waals surface area (Å²) in [5.41, 5.74) is 6.18. The van der Waals surface area contributed by atoms with Crippen LogP contribution in [0.3, 0.4) is 0 Å². The Morgan fingerprint density at radius 2 is 2.05 bits per heavy atom. The number of carbonyl (C=O) groups excluding carboxylic acids is 1. The van der Waals surface area contributed by atoms with E-state index in [0.29, 0.717) is 13.1 Å². The molecule has 0 aliphatic rings. The lowest BCUT2D eigenvalue weighted by Crippen LogP contribution is -2.45. The third-order valence-corrected chi connectivity index (χ3v) is 3.39. The molecule has 5 heteroatoms. The maximum Gasteiger partial charge on any atom is 0.227 e. The molecule has 0 aliphatic heterocycles. The summed E-state index contributed by atoms with van der Waals surface area (Å²) in [4.78, 5) is 12.4. The molecule has 3 N–H and O–H groups in total. The molecule has 1 amide bonds. The molecule has 0 radical (unpaired) electrons. The Morgan fingerprint density at radius 3 is 2.53 bits per heavy atom. The van der Waals surface area contributed by atoms with Crippen molar-refractivity contribution in [1.82, 2.24) is 15.5 Å². The zero-order valence-corrected chi connectivity index (χ0v) is 11.9. The van der Waals surface area contributed by atoms with Crippen molar-refractivity contribution in [2.24, 2.45) is 11.1 Å². The van der Waals surface area contributed by atoms with E-state index >= 15 is 0 Å². The van der Waals surface area contributed by atoms with Gasteiger partial charge < -0.3 is 11.1 Å². The number of nitrogens with two attached hydrogens (primary N) is 1. The maximum absolute atomic E-state index is 12.4. The molecule has 0 atom stereocenters. The number of nitrogens with zero attached hydrogens (tertiary/aromatic N) is 2. The van der Waals surface area contributed by atoms with Crippen LogP contribution in [-0.4, -0.2) is 22.6 Å². The van der Waals surface area contributed by atoms with Gasteiger partial charge in [-0.2, -0.15) is 10.2 Å². The molecule has 0 saturated carbocycles. The van der Waals surface area contributed by atoms with E-state index in [2.05, 4.69) is 29.4 Å². The van der Waals surface area contributed by atoms with E-state index in [1.165, 1.54) is 0 Å². The van der Waals surface area contributed by atoms with Gasteiger partial charge in [0.25, 0.3) is 0 Å². The van der Waals surface area contributed by atoms with Crippen LogP contribution in [0.5, 0.6) is 0 Å². The molecule has 19 heavy (non-hydrogen) atoms. The molecule has 1 aromatic heterocycles. The highest BCUT2D eigenvalue weighted by Gasteiger charge is 2.34. The predicted octanol–water partition coefficient (Wildman–Crippen LogP) is 1.64. The Bertz CT molecular complexity index is 374. The van der Waals surface area contributed by atoms with Crippen LogP contribution in [-0.2, 0) is 11.3 Å². The van der Waals surface area contributed by atoms with Crippen molar-refractivity contribution in [2.45, 2.75) is 46.1 Å². The van der Waals surface area contributed by atoms with Crippen LogP contribution in [0.1, 0.15) is 45.2 Å². The Morgan fingerprint density at radius 1 is 1.37 bits per heavy atom. The Kier molecular flexibility index (Phi) is 6.42. The van der Waals surface area contributed by atoms with Gasteiger partial charge in [-0.3, -0.25) is 4.79 Å². The third-order valence-electron chi connectivity index (χ3n) is 3.39. The number of hydrogen-bond donors (Lipinski definition) is 2. The first-order valence-corrected chi connectivity index (χ1v) is 6.93. The molecule has 0 saturated heterocycles. The van der Waals surface area contributed by atoms with Crippen molar-refractivity contribution in [3.8, 4) is 0 Å². The lowest BCUT2D eigenvalue weighted by Gasteiger charge is -2.30. The summed E-state index contributed by atoms with van der Waals surface area (Å²) in [5, 5.41) is 10.7. The first kappa shape index (κ1) is 15.6. The molecule has 0 bridgehead atoms. The second-order valence-corrected chi connectivity index (χ2v) is 4.88. The van der Waals surface area contributed by atoms with Gasteiger partial charge in [0.15, 0.2) is 0 Å². The highest BCUT2D eigenvalue weighted by atomic mass is 16.2. The average molecular weight is 264 g/mol. The molecule has 1 heterocycles. The van der Waals surface area contributed by atoms with Gasteiger partial charge in [-0.15, -0.1) is 0 Å². The van der Waals surface area contributed by atoms with Gasteiger partial charge >= 0.3 is 0 Å². The first-order valence-electron chi connectivity index (χ1n) is 6.93. The van der Waals surface area contributed by atoms with Crippen molar-refractivity contribution in [3.63, 3.8) is 0 Å². The van der Waals surface area contributed by atoms with Crippen LogP contribution in [0.15, 0.2) is 18.3 Å². The van der Waals surface area contributed by atoms with Crippen molar-refractivity contribution in [1.29, 1.82) is 0 Å². The van der Waals surface area contributed by atoms with E-state index in [4.69, 9.17) is 5.73 Å². The SMILES string of the molecule is CCCC(CN)(CCC)C(=O)NCc1cccnn1. The van der Waals surface area contributed by atoms with Crippen LogP contribution < -0.4 is 11.1 Å². The molecule has 5 nitrogen and oxygen atoms in total. The van der Waals surface area contributed by atoms with E-state index < -0.39 is 5.41 Å². The maximum atomic E-state index is 12.4. The monoisotopic (exact) mass is 264 g/mol. The van der Waals surface area contributed by atoms with Gasteiger partial charge in [0.1, 0.15) is 0 Å². The molecule has 0 spiro atoms. The zero-order chi connectivity index (χ0) is 14.1. The summed E-state index contributed by atoms with van der Waals surface area (Å²) in [7, 11) is 0. The molecule has 1 aromatic rings. The highest BCUT2D eigenvalue weighted by Crippen LogP contribution is 2.29. The topological polar surface area (TPSA) is 80.9 Å². The number of amides is 1. The quantitative estimate of drug-likeness (QED) is 0.748. The summed E-state index contributed by atoms with van der Waals surface area (Å²) >= 11 is 0. The summed E-state index contributed by atoms with van der Waals surface area (Å²) in [6, 6.07) is 3.65. The van der Waals surface area contributed by atoms with E-state index in [1.807, 2.05) is 12.1 Å². The van der Waals surface area contributed by atoms with Crippen LogP contribution in [0, 0.1) is 5.41 Å². The van der Waals surface area contributed by atoms with E-state index in [1.54, 1.807) is 6.20 Å². The number of aromatic nitrogens is 2. The van der Waals surface area contributed by atoms with Gasteiger partial charge in [0.05, 0.1) is 17.7 Å². The van der Waals surface area contributed by atoms with Gasteiger partial charge in [-0.05, 0) is 25.0 Å². The summed E-state index contributed by atoms with van der Waals surface area (Å²) in [6.07, 6.45) is 5.17. The minimum Gasteiger partial charge on any atom is -0.350 e. The highest BCUT2D eigenvalue weighted by molar-refractivity contribution is 5.82. The fourth-order valence-corrected chi connectivity index (χ4v) is 2.39. The van der Waals surface area contributed by atoms with Crippen LogP contribution in [0.4, 0.5) is 0 Å². The Labute approximate surface area is 115 Å². The largest absolute Gasteiger partial charge is 0.350 e. The predicted molar refractivity (Wildman–Crippen MR) is 75.2 cm³/mol. The third kappa shape index (κ3) is 4.28. The molecule has 1 rings (SSSR count). The standard InChI is InChI=1S/C14H24N4O/c1-3-7-14(11-15,8-4-2)13(19)16-10-12-6-5-9-17-18-12/h5-6,9H,3-4,7-8,10-11,15H2,1-2H3,(H,16,19). The average Bonchev–Trinajstić information content (AvgIpc) is 2.45. The fraction of sp³-hybridized carbons (Fsp3) is 0.643. The van der Waals surface area contributed by atoms with E-state index in [-0.39, 0.29) is 5.91 Å². The molecular weight excluding hydrogens is 240 g/mol. The number of carbonyl (C=O) groups is 1. The van der Waals surface area contributed by atoms with E-state index in [0.717, 1.165) is 31.4 Å². The normalized spacial score (nSPS) is 11.3. The lowest BCUT2D eigenvalue weighted by atomic mass is 9.78. The van der Waals surface area contributed by atoms with Gasteiger partial charge in [-0.1, -0.05) is 26.7 Å². The van der Waals surface area contributed by atoms with E-state index in [9.17, 15) is 4.79 Å². The fourth-order valence-electron chi connectivity index (χ4n) is 2.39. The van der Waals surface area contributed by atoms with Crippen LogP contribution >= 0.6 is 0 Å². The number of rotatable bonds is 8. The van der Waals surface area contributed by atoms with Crippen LogP contribution in [0.25, 0.3) is 0 Å². The van der Waals surface area contributed by atoms with Crippen molar-refractivity contribution >= 4 is 5.91 Å². The minimum absolute atomic E-state index is 0.0318. The molecule has 106 valence electrons. The summed E-state index contributed by atoms with van der Waals surface area (Å²) in [6.45, 7) is 4.95. The van der Waals surface area contributed by atoms with Crippen LogP contribution in [0.2, 0.25) is 0 Å². The smallest absolute Gasteiger partial charge is 0.227 e. The van der Waals surface area contributed by atoms with Crippen molar-refractivity contribution < 1.29 is 4.79 Å². The summed E-state index contributed by atoms with van der Waals surface area (Å²) < 4.78 is 0. The zero-order valence-electron chi connectivity index (χ0n) is 11.9. The molecule has 0 unspecified atom stereocenters. The Balaban J connectivity index is 2.66. The molecule has 0 aliphatic carbocycles. The first-order chi connectivity index (χ1) is 9.18. The van der Waals surface area contributed by atoms with Crippen molar-refractivity contribution in [3.05, 3.63) is 24.0 Å². The second kappa shape index (κ2) is 7.84. The molecule has 0 aromatic carbocycles. The van der Waals surface area contributed by atoms with Gasteiger partial charge in [-0.25, -0.2) is 0 Å². The summed E-state index contributed by atoms with van der Waals surface area (Å²) in [5.74, 6) is 0.0318. The number of hydrogen-bond acceptors (Lipinski definition) is 4. The second-order valence-electron chi connectivity index (χ2n) is 4.88.